The second-order valence-electron chi connectivity index (χ2n) is 7.85. The fourth-order valence-corrected chi connectivity index (χ4v) is 4.02. The molecule has 5 rings (SSSR count). The summed E-state index contributed by atoms with van der Waals surface area (Å²) in [7, 11) is 0. The van der Waals surface area contributed by atoms with Gasteiger partial charge in [-0.2, -0.15) is 4.98 Å². The van der Waals surface area contributed by atoms with Crippen LogP contribution in [0.25, 0.3) is 22.6 Å². The average molecular weight is 438 g/mol. The molecule has 6 nitrogen and oxygen atoms in total. The van der Waals surface area contributed by atoms with Gasteiger partial charge in [-0.25, -0.2) is 23.1 Å². The zero-order valence-corrected chi connectivity index (χ0v) is 17.2. The van der Waals surface area contributed by atoms with Gasteiger partial charge in [-0.05, 0) is 43.6 Å². The molecule has 0 unspecified atom stereocenters. The van der Waals surface area contributed by atoms with Gasteiger partial charge >= 0.3 is 0 Å². The van der Waals surface area contributed by atoms with E-state index in [1.54, 1.807) is 22.8 Å². The normalized spacial score (nSPS) is 16.0. The van der Waals surface area contributed by atoms with Crippen LogP contribution < -0.4 is 10.6 Å². The van der Waals surface area contributed by atoms with Gasteiger partial charge < -0.3 is 15.2 Å². The summed E-state index contributed by atoms with van der Waals surface area (Å²) < 4.78 is 44.9. The molecule has 164 valence electrons. The van der Waals surface area contributed by atoms with E-state index in [2.05, 4.69) is 25.6 Å². The van der Waals surface area contributed by atoms with Crippen LogP contribution in [0, 0.1) is 23.4 Å². The predicted octanol–water partition coefficient (Wildman–Crippen LogP) is 4.13. The Morgan fingerprint density at radius 1 is 1.00 bits per heavy atom. The third kappa shape index (κ3) is 3.91. The Kier molecular flexibility index (Phi) is 5.48. The van der Waals surface area contributed by atoms with Crippen LogP contribution in [0.3, 0.4) is 0 Å². The van der Waals surface area contributed by atoms with E-state index >= 15 is 0 Å². The van der Waals surface area contributed by atoms with Gasteiger partial charge in [0.25, 0.3) is 0 Å². The highest BCUT2D eigenvalue weighted by atomic mass is 19.1. The summed E-state index contributed by atoms with van der Waals surface area (Å²) in [6, 6.07) is 10.2. The second-order valence-corrected chi connectivity index (χ2v) is 7.85. The number of hydrogen-bond acceptors (Lipinski definition) is 5. The van der Waals surface area contributed by atoms with E-state index in [1.165, 1.54) is 30.5 Å². The summed E-state index contributed by atoms with van der Waals surface area (Å²) >= 11 is 0. The van der Waals surface area contributed by atoms with Crippen molar-refractivity contribution in [2.24, 2.45) is 5.92 Å². The molecule has 1 fully saturated rings. The van der Waals surface area contributed by atoms with Crippen LogP contribution in [-0.2, 0) is 13.1 Å². The van der Waals surface area contributed by atoms with Gasteiger partial charge in [0, 0.05) is 18.7 Å². The topological polar surface area (TPSA) is 67.7 Å². The molecule has 0 amide bonds. The standard InChI is InChI=1S/C23H21F3N6/c24-16-5-2-1-4-15(16)11-28-23-29-12-19-21(31-23)32(13-14-8-9-27-10-14)22(30-19)20-17(25)6-3-7-18(20)26/h1-7,12,14,27H,8-11,13H2,(H,28,29,31)/t14-/m0/s1. The monoisotopic (exact) mass is 438 g/mol. The fraction of sp³-hybridized carbons (Fsp3) is 0.261. The molecule has 32 heavy (non-hydrogen) atoms. The number of hydrogen-bond donors (Lipinski definition) is 2. The molecule has 4 aromatic rings. The molecule has 1 aliphatic rings. The lowest BCUT2D eigenvalue weighted by atomic mass is 10.1. The van der Waals surface area contributed by atoms with Gasteiger partial charge in [-0.1, -0.05) is 24.3 Å². The molecule has 0 spiro atoms. The van der Waals surface area contributed by atoms with E-state index in [9.17, 15) is 13.2 Å². The third-order valence-corrected chi connectivity index (χ3v) is 5.67. The maximum atomic E-state index is 14.6. The van der Waals surface area contributed by atoms with Crippen LogP contribution in [0.1, 0.15) is 12.0 Å². The van der Waals surface area contributed by atoms with Crippen LogP contribution in [0.5, 0.6) is 0 Å². The highest BCUT2D eigenvalue weighted by Gasteiger charge is 2.24. The highest BCUT2D eigenvalue weighted by Crippen LogP contribution is 2.30. The van der Waals surface area contributed by atoms with E-state index in [-0.39, 0.29) is 35.6 Å². The lowest BCUT2D eigenvalue weighted by molar-refractivity contribution is 0.488. The predicted molar refractivity (Wildman–Crippen MR) is 115 cm³/mol. The first-order valence-corrected chi connectivity index (χ1v) is 10.5. The Morgan fingerprint density at radius 3 is 2.53 bits per heavy atom. The van der Waals surface area contributed by atoms with Crippen molar-refractivity contribution in [3.8, 4) is 11.4 Å². The second kappa shape index (κ2) is 8.58. The van der Waals surface area contributed by atoms with Gasteiger partial charge in [0.15, 0.2) is 5.65 Å². The van der Waals surface area contributed by atoms with Gasteiger partial charge in [-0.3, -0.25) is 0 Å². The van der Waals surface area contributed by atoms with Crippen molar-refractivity contribution in [2.45, 2.75) is 19.5 Å². The molecule has 2 aromatic heterocycles. The van der Waals surface area contributed by atoms with Crippen LogP contribution in [0.15, 0.2) is 48.7 Å². The molecular formula is C23H21F3N6. The molecule has 3 heterocycles. The van der Waals surface area contributed by atoms with Crippen LogP contribution in [-0.4, -0.2) is 32.6 Å². The van der Waals surface area contributed by atoms with E-state index in [0.717, 1.165) is 19.5 Å². The van der Waals surface area contributed by atoms with Crippen molar-refractivity contribution in [3.63, 3.8) is 0 Å². The lowest BCUT2D eigenvalue weighted by Gasteiger charge is -2.14. The maximum absolute atomic E-state index is 14.6. The average Bonchev–Trinajstić information content (AvgIpc) is 3.42. The SMILES string of the molecule is Fc1ccccc1CNc1ncc2nc(-c3c(F)cccc3F)n(C[C@H]3CCNC3)c2n1. The molecule has 2 N–H and O–H groups in total. The van der Waals surface area contributed by atoms with Crippen molar-refractivity contribution in [3.05, 3.63) is 71.7 Å². The number of benzene rings is 2. The molecule has 2 aromatic carbocycles. The number of nitrogens with zero attached hydrogens (tertiary/aromatic N) is 4. The van der Waals surface area contributed by atoms with Crippen LogP contribution in [0.4, 0.5) is 19.1 Å². The summed E-state index contributed by atoms with van der Waals surface area (Å²) in [5.41, 5.74) is 1.21. The number of aromatic nitrogens is 4. The Hall–Kier alpha value is -3.46. The zero-order valence-electron chi connectivity index (χ0n) is 17.2. The zero-order chi connectivity index (χ0) is 22.1. The minimum atomic E-state index is -0.683. The third-order valence-electron chi connectivity index (χ3n) is 5.67. The first-order chi connectivity index (χ1) is 15.6. The summed E-state index contributed by atoms with van der Waals surface area (Å²) in [6.07, 6.45) is 2.46. The molecule has 0 aliphatic carbocycles. The van der Waals surface area contributed by atoms with Gasteiger partial charge in [0.2, 0.25) is 5.95 Å². The number of rotatable bonds is 6. The summed E-state index contributed by atoms with van der Waals surface area (Å²) in [4.78, 5) is 13.3. The van der Waals surface area contributed by atoms with Gasteiger partial charge in [0.05, 0.1) is 11.8 Å². The van der Waals surface area contributed by atoms with E-state index in [4.69, 9.17) is 0 Å². The van der Waals surface area contributed by atoms with Crippen molar-refractivity contribution < 1.29 is 13.2 Å². The first-order valence-electron chi connectivity index (χ1n) is 10.5. The van der Waals surface area contributed by atoms with Crippen molar-refractivity contribution in [1.29, 1.82) is 0 Å². The number of nitrogens with one attached hydrogen (secondary N) is 2. The Bertz CT molecular complexity index is 1250. The summed E-state index contributed by atoms with van der Waals surface area (Å²) in [5, 5.41) is 6.33. The highest BCUT2D eigenvalue weighted by molar-refractivity contribution is 5.77. The molecule has 9 heteroatoms. The molecule has 1 atom stereocenters. The Balaban J connectivity index is 1.55. The van der Waals surface area contributed by atoms with E-state index in [0.29, 0.717) is 23.3 Å². The molecule has 1 saturated heterocycles. The molecular weight excluding hydrogens is 417 g/mol. The number of halogens is 3. The maximum Gasteiger partial charge on any atom is 0.225 e. The molecule has 0 radical (unpaired) electrons. The smallest absolute Gasteiger partial charge is 0.225 e. The van der Waals surface area contributed by atoms with Crippen molar-refractivity contribution >= 4 is 17.1 Å². The summed E-state index contributed by atoms with van der Waals surface area (Å²) in [6.45, 7) is 2.41. The van der Waals surface area contributed by atoms with Crippen LogP contribution in [0.2, 0.25) is 0 Å². The minimum Gasteiger partial charge on any atom is -0.350 e. The number of anilines is 1. The number of imidazole rings is 1. The molecule has 0 saturated carbocycles. The van der Waals surface area contributed by atoms with Gasteiger partial charge in [-0.15, -0.1) is 0 Å². The largest absolute Gasteiger partial charge is 0.350 e. The molecule has 0 bridgehead atoms. The van der Waals surface area contributed by atoms with Crippen molar-refractivity contribution in [2.75, 3.05) is 18.4 Å². The summed E-state index contributed by atoms with van der Waals surface area (Å²) in [5.74, 6) is -0.938. The van der Waals surface area contributed by atoms with Gasteiger partial charge in [0.1, 0.15) is 28.8 Å². The Labute approximate surface area is 182 Å². The van der Waals surface area contributed by atoms with E-state index in [1.807, 2.05) is 0 Å². The van der Waals surface area contributed by atoms with E-state index < -0.39 is 11.6 Å². The Morgan fingerprint density at radius 2 is 1.78 bits per heavy atom. The lowest BCUT2D eigenvalue weighted by Crippen LogP contribution is -2.16. The fourth-order valence-electron chi connectivity index (χ4n) is 4.02. The first kappa shape index (κ1) is 20.4. The quantitative estimate of drug-likeness (QED) is 0.474. The number of fused-ring (bicyclic) bond motifs is 1. The van der Waals surface area contributed by atoms with Crippen molar-refractivity contribution in [1.82, 2.24) is 24.8 Å². The van der Waals surface area contributed by atoms with Crippen LogP contribution >= 0.6 is 0 Å². The molecule has 1 aliphatic heterocycles. The minimum absolute atomic E-state index is 0.183.